The number of phosphoric ester groups is 1. The van der Waals surface area contributed by atoms with Gasteiger partial charge in [0.05, 0.1) is 19.8 Å². The first-order valence-corrected chi connectivity index (χ1v) is 33.5. The standard InChI is InChI=1S/C72H113O11P/c1-4-7-10-13-16-19-22-25-28-31-34-37-40-43-46-49-52-55-58-61-70(74)79-65-69(83-72(76)63-60-57-54-51-48-45-42-39-36-33-30-27-24-21-18-15-12-9-6-3)67-81-84(77,78)80-66-68(64-73)82-71(75)62-59-56-53-50-47-44-41-38-35-32-29-26-23-20-17-14-11-8-5-2/h7,9-10,12,16-21,25-30,34-39,43,45-46,48,54,57,68-69,73H,4-6,8,11,13-15,22-24,31-33,40-42,44,47,49-53,55-56,58-67H2,1-3H3,(H,77,78)/b10-7-,12-9-,19-16-,20-17-,21-18-,28-25-,29-26-,30-27-,37-34-,38-35-,39-36-,46-43-,48-45-,57-54-. The first-order valence-electron chi connectivity index (χ1n) is 32.0. The summed E-state index contributed by atoms with van der Waals surface area (Å²) in [6.07, 6.45) is 86.0. The fourth-order valence-electron chi connectivity index (χ4n) is 7.83. The predicted octanol–water partition coefficient (Wildman–Crippen LogP) is 19.8. The molecule has 11 nitrogen and oxygen atoms in total. The molecule has 3 unspecified atom stereocenters. The summed E-state index contributed by atoms with van der Waals surface area (Å²) in [6.45, 7) is 4.24. The zero-order valence-corrected chi connectivity index (χ0v) is 53.2. The molecule has 0 spiro atoms. The Balaban J connectivity index is 4.89. The topological polar surface area (TPSA) is 155 Å². The molecule has 0 amide bonds. The molecule has 0 heterocycles. The molecule has 0 fully saturated rings. The fourth-order valence-corrected chi connectivity index (χ4v) is 8.61. The summed E-state index contributed by atoms with van der Waals surface area (Å²) in [7, 11) is -4.80. The SMILES string of the molecule is CC/C=C\C/C=C\C/C=C\C/C=C\C/C=C\C/C=C\CCC(=O)OC(COC(=O)CCCCC/C=C\C/C=C\C/C=C\C/C=C\C/C=C\CC)COP(=O)(O)OCC(CO)OC(=O)CCCCCCCC/C=C\C/C=C\C/C=C\CCCCC. The van der Waals surface area contributed by atoms with Crippen molar-refractivity contribution >= 4 is 25.7 Å². The molecule has 0 aliphatic rings. The molecule has 0 aromatic carbocycles. The fraction of sp³-hybridized carbons (Fsp3) is 0.569. The number of hydrogen-bond donors (Lipinski definition) is 2. The van der Waals surface area contributed by atoms with Crippen molar-refractivity contribution in [3.8, 4) is 0 Å². The molecule has 0 aromatic heterocycles. The number of allylic oxidation sites excluding steroid dienone is 28. The van der Waals surface area contributed by atoms with E-state index in [0.717, 1.165) is 135 Å². The summed E-state index contributed by atoms with van der Waals surface area (Å²) in [5, 5.41) is 9.86. The number of carbonyl (C=O) groups is 3. The van der Waals surface area contributed by atoms with Gasteiger partial charge in [-0.15, -0.1) is 0 Å². The van der Waals surface area contributed by atoms with Crippen molar-refractivity contribution < 1.29 is 52.2 Å². The Morgan fingerprint density at radius 2 is 0.643 bits per heavy atom. The largest absolute Gasteiger partial charge is 0.472 e. The van der Waals surface area contributed by atoms with Gasteiger partial charge in [-0.25, -0.2) is 4.57 Å². The molecule has 0 aliphatic carbocycles. The van der Waals surface area contributed by atoms with Gasteiger partial charge < -0.3 is 24.2 Å². The van der Waals surface area contributed by atoms with E-state index in [-0.39, 0.29) is 19.3 Å². The highest BCUT2D eigenvalue weighted by Crippen LogP contribution is 2.43. The lowest BCUT2D eigenvalue weighted by Gasteiger charge is -2.21. The summed E-state index contributed by atoms with van der Waals surface area (Å²) >= 11 is 0. The van der Waals surface area contributed by atoms with Crippen LogP contribution in [-0.2, 0) is 42.2 Å². The molecule has 0 bridgehead atoms. The van der Waals surface area contributed by atoms with Crippen molar-refractivity contribution in [2.75, 3.05) is 26.4 Å². The van der Waals surface area contributed by atoms with Crippen LogP contribution in [0.15, 0.2) is 170 Å². The van der Waals surface area contributed by atoms with Crippen molar-refractivity contribution in [2.45, 2.75) is 238 Å². The van der Waals surface area contributed by atoms with E-state index < -0.39 is 64.4 Å². The van der Waals surface area contributed by atoms with Crippen LogP contribution in [0.3, 0.4) is 0 Å². The molecule has 0 aromatic rings. The van der Waals surface area contributed by atoms with Crippen LogP contribution in [0.4, 0.5) is 0 Å². The Morgan fingerprint density at radius 3 is 1.04 bits per heavy atom. The van der Waals surface area contributed by atoms with Crippen molar-refractivity contribution in [1.82, 2.24) is 0 Å². The van der Waals surface area contributed by atoms with Gasteiger partial charge in [-0.3, -0.25) is 23.4 Å². The number of rotatable bonds is 57. The van der Waals surface area contributed by atoms with Gasteiger partial charge in [-0.2, -0.15) is 0 Å². The third kappa shape index (κ3) is 61.4. The molecule has 84 heavy (non-hydrogen) atoms. The van der Waals surface area contributed by atoms with Gasteiger partial charge >= 0.3 is 25.7 Å². The molecule has 0 saturated carbocycles. The highest BCUT2D eigenvalue weighted by molar-refractivity contribution is 7.47. The molecule has 2 N–H and O–H groups in total. The summed E-state index contributed by atoms with van der Waals surface area (Å²) < 4.78 is 39.6. The summed E-state index contributed by atoms with van der Waals surface area (Å²) in [4.78, 5) is 48.7. The Bertz CT molecular complexity index is 2060. The summed E-state index contributed by atoms with van der Waals surface area (Å²) in [6, 6.07) is 0. The maximum absolute atomic E-state index is 13.0. The number of carbonyl (C=O) groups excluding carboxylic acids is 3. The summed E-state index contributed by atoms with van der Waals surface area (Å²) in [5.74, 6) is -1.64. The van der Waals surface area contributed by atoms with Crippen LogP contribution in [0.1, 0.15) is 226 Å². The van der Waals surface area contributed by atoms with Crippen molar-refractivity contribution in [3.63, 3.8) is 0 Å². The van der Waals surface area contributed by atoms with Gasteiger partial charge in [-0.05, 0) is 141 Å². The third-order valence-electron chi connectivity index (χ3n) is 12.6. The Hall–Kier alpha value is -5.16. The lowest BCUT2D eigenvalue weighted by atomic mass is 10.1. The number of unbranched alkanes of at least 4 members (excludes halogenated alkanes) is 12. The quantitative estimate of drug-likeness (QED) is 0.0197. The first-order chi connectivity index (χ1) is 41.2. The maximum Gasteiger partial charge on any atom is 0.472 e. The number of ether oxygens (including phenoxy) is 3. The molecular weight excluding hydrogens is 1070 g/mol. The second kappa shape index (κ2) is 63.9. The Morgan fingerprint density at radius 1 is 0.345 bits per heavy atom. The molecule has 472 valence electrons. The normalized spacial score (nSPS) is 14.4. The minimum Gasteiger partial charge on any atom is -0.462 e. The monoisotopic (exact) mass is 1180 g/mol. The van der Waals surface area contributed by atoms with E-state index >= 15 is 0 Å². The maximum atomic E-state index is 13.0. The van der Waals surface area contributed by atoms with Gasteiger partial charge in [-0.1, -0.05) is 236 Å². The Labute approximate surface area is 510 Å². The Kier molecular flexibility index (Phi) is 59.9. The molecule has 0 rings (SSSR count). The zero-order chi connectivity index (χ0) is 61.2. The van der Waals surface area contributed by atoms with E-state index in [1.165, 1.54) is 25.7 Å². The van der Waals surface area contributed by atoms with Gasteiger partial charge in [0, 0.05) is 19.3 Å². The number of aliphatic hydroxyl groups is 1. The highest BCUT2D eigenvalue weighted by atomic mass is 31.2. The van der Waals surface area contributed by atoms with Crippen LogP contribution in [0.5, 0.6) is 0 Å². The first kappa shape index (κ1) is 78.8. The molecule has 0 aliphatic heterocycles. The van der Waals surface area contributed by atoms with Crippen LogP contribution in [0, 0.1) is 0 Å². The minimum absolute atomic E-state index is 0.0235. The average Bonchev–Trinajstić information content (AvgIpc) is 3.53. The zero-order valence-electron chi connectivity index (χ0n) is 52.3. The van der Waals surface area contributed by atoms with Gasteiger partial charge in [0.25, 0.3) is 0 Å². The van der Waals surface area contributed by atoms with Crippen LogP contribution >= 0.6 is 7.82 Å². The predicted molar refractivity (Wildman–Crippen MR) is 352 cm³/mol. The van der Waals surface area contributed by atoms with Crippen molar-refractivity contribution in [1.29, 1.82) is 0 Å². The van der Waals surface area contributed by atoms with E-state index in [0.29, 0.717) is 25.7 Å². The molecule has 0 radical (unpaired) electrons. The van der Waals surface area contributed by atoms with E-state index in [1.54, 1.807) is 0 Å². The van der Waals surface area contributed by atoms with Gasteiger partial charge in [0.2, 0.25) is 0 Å². The third-order valence-corrected chi connectivity index (χ3v) is 13.6. The molecular formula is C72H113O11P. The smallest absolute Gasteiger partial charge is 0.462 e. The molecule has 0 saturated heterocycles. The van der Waals surface area contributed by atoms with Crippen molar-refractivity contribution in [2.24, 2.45) is 0 Å². The number of phosphoric acid groups is 1. The van der Waals surface area contributed by atoms with Crippen LogP contribution in [0.2, 0.25) is 0 Å². The highest BCUT2D eigenvalue weighted by Gasteiger charge is 2.28. The number of hydrogen-bond acceptors (Lipinski definition) is 10. The van der Waals surface area contributed by atoms with E-state index in [9.17, 15) is 28.9 Å². The minimum atomic E-state index is -4.80. The van der Waals surface area contributed by atoms with Crippen LogP contribution in [0.25, 0.3) is 0 Å². The van der Waals surface area contributed by atoms with Gasteiger partial charge in [0.1, 0.15) is 12.7 Å². The second-order valence-electron chi connectivity index (χ2n) is 20.5. The number of aliphatic hydroxyl groups excluding tert-OH is 1. The summed E-state index contributed by atoms with van der Waals surface area (Å²) in [5.41, 5.74) is 0. The average molecular weight is 1190 g/mol. The molecule has 3 atom stereocenters. The lowest BCUT2D eigenvalue weighted by molar-refractivity contribution is -0.161. The number of esters is 3. The molecule has 12 heteroatoms. The van der Waals surface area contributed by atoms with Crippen LogP contribution < -0.4 is 0 Å². The van der Waals surface area contributed by atoms with E-state index in [4.69, 9.17) is 23.3 Å². The second-order valence-corrected chi connectivity index (χ2v) is 21.9. The lowest BCUT2D eigenvalue weighted by Crippen LogP contribution is -2.30. The van der Waals surface area contributed by atoms with Crippen LogP contribution in [-0.4, -0.2) is 66.5 Å². The van der Waals surface area contributed by atoms with Crippen molar-refractivity contribution in [3.05, 3.63) is 170 Å². The van der Waals surface area contributed by atoms with E-state index in [2.05, 4.69) is 179 Å². The van der Waals surface area contributed by atoms with E-state index in [1.807, 2.05) is 12.2 Å². The van der Waals surface area contributed by atoms with Gasteiger partial charge in [0.15, 0.2) is 6.10 Å².